The number of rotatable bonds is 6. The van der Waals surface area contributed by atoms with Crippen molar-refractivity contribution in [3.05, 3.63) is 65.5 Å². The summed E-state index contributed by atoms with van der Waals surface area (Å²) in [5.74, 6) is 0.310. The quantitative estimate of drug-likeness (QED) is 0.604. The zero-order valence-corrected chi connectivity index (χ0v) is 12.5. The number of carbonyl (C=O) groups is 1. The number of ketones is 1. The first-order valence-corrected chi connectivity index (χ1v) is 6.80. The van der Waals surface area contributed by atoms with Crippen LogP contribution in [0, 0.1) is 17.1 Å². The van der Waals surface area contributed by atoms with E-state index in [1.807, 2.05) is 6.07 Å². The van der Waals surface area contributed by atoms with E-state index in [0.717, 1.165) is 5.56 Å². The van der Waals surface area contributed by atoms with Gasteiger partial charge < -0.3 is 9.47 Å². The Labute approximate surface area is 133 Å². The number of nitrogens with zero attached hydrogens (tertiary/aromatic N) is 1. The molecule has 116 valence electrons. The SMILES string of the molecule is COc1cc(C=CC(=O)c2ccc(F)cc2)ccc1OCC#N. The van der Waals surface area contributed by atoms with Crippen molar-refractivity contribution in [1.29, 1.82) is 5.26 Å². The van der Waals surface area contributed by atoms with Crippen LogP contribution in [-0.4, -0.2) is 19.5 Å². The normalized spacial score (nSPS) is 10.3. The summed E-state index contributed by atoms with van der Waals surface area (Å²) in [7, 11) is 1.49. The minimum atomic E-state index is -0.386. The molecule has 0 spiro atoms. The highest BCUT2D eigenvalue weighted by molar-refractivity contribution is 6.06. The number of carbonyl (C=O) groups excluding carboxylic acids is 1. The lowest BCUT2D eigenvalue weighted by Gasteiger charge is -2.08. The molecule has 0 saturated heterocycles. The number of nitriles is 1. The van der Waals surface area contributed by atoms with Crippen molar-refractivity contribution in [2.45, 2.75) is 0 Å². The molecule has 2 aromatic carbocycles. The second-order valence-corrected chi connectivity index (χ2v) is 4.56. The van der Waals surface area contributed by atoms with Gasteiger partial charge in [-0.05, 0) is 48.0 Å². The van der Waals surface area contributed by atoms with Gasteiger partial charge in [0.2, 0.25) is 0 Å². The van der Waals surface area contributed by atoms with Crippen LogP contribution in [0.1, 0.15) is 15.9 Å². The molecular formula is C18H14FNO3. The summed E-state index contributed by atoms with van der Waals surface area (Å²) >= 11 is 0. The Morgan fingerprint density at radius 3 is 2.61 bits per heavy atom. The maximum Gasteiger partial charge on any atom is 0.185 e. The molecule has 0 N–H and O–H groups in total. The fraction of sp³-hybridized carbons (Fsp3) is 0.111. The minimum Gasteiger partial charge on any atom is -0.493 e. The van der Waals surface area contributed by atoms with Gasteiger partial charge in [0.1, 0.15) is 11.9 Å². The molecular weight excluding hydrogens is 297 g/mol. The number of allylic oxidation sites excluding steroid dienone is 1. The zero-order chi connectivity index (χ0) is 16.7. The third kappa shape index (κ3) is 4.42. The number of ether oxygens (including phenoxy) is 2. The van der Waals surface area contributed by atoms with Gasteiger partial charge in [-0.25, -0.2) is 4.39 Å². The largest absolute Gasteiger partial charge is 0.493 e. The highest BCUT2D eigenvalue weighted by atomic mass is 19.1. The summed E-state index contributed by atoms with van der Waals surface area (Å²) in [5.41, 5.74) is 1.14. The second-order valence-electron chi connectivity index (χ2n) is 4.56. The third-order valence-electron chi connectivity index (χ3n) is 3.04. The van der Waals surface area contributed by atoms with E-state index in [0.29, 0.717) is 17.1 Å². The van der Waals surface area contributed by atoms with E-state index in [9.17, 15) is 9.18 Å². The average molecular weight is 311 g/mol. The lowest BCUT2D eigenvalue weighted by molar-refractivity contribution is 0.104. The predicted octanol–water partition coefficient (Wildman–Crippen LogP) is 3.63. The lowest BCUT2D eigenvalue weighted by atomic mass is 10.1. The maximum absolute atomic E-state index is 12.8. The predicted molar refractivity (Wildman–Crippen MR) is 83.9 cm³/mol. The molecule has 0 aromatic heterocycles. The summed E-state index contributed by atoms with van der Waals surface area (Å²) in [5, 5.41) is 8.53. The fourth-order valence-electron chi connectivity index (χ4n) is 1.90. The summed E-state index contributed by atoms with van der Waals surface area (Å²) in [4.78, 5) is 12.0. The highest BCUT2D eigenvalue weighted by Crippen LogP contribution is 2.28. The van der Waals surface area contributed by atoms with Crippen LogP contribution >= 0.6 is 0 Å². The average Bonchev–Trinajstić information content (AvgIpc) is 2.58. The number of hydrogen-bond donors (Lipinski definition) is 0. The van der Waals surface area contributed by atoms with Crippen molar-refractivity contribution in [3.63, 3.8) is 0 Å². The molecule has 0 amide bonds. The Bertz CT molecular complexity index is 761. The van der Waals surface area contributed by atoms with Gasteiger partial charge >= 0.3 is 0 Å². The molecule has 0 fully saturated rings. The summed E-state index contributed by atoms with van der Waals surface area (Å²) < 4.78 is 23.3. The van der Waals surface area contributed by atoms with Gasteiger partial charge in [-0.15, -0.1) is 0 Å². The molecule has 4 nitrogen and oxygen atoms in total. The molecule has 0 bridgehead atoms. The monoisotopic (exact) mass is 311 g/mol. The van der Waals surface area contributed by atoms with Crippen LogP contribution in [0.15, 0.2) is 48.5 Å². The third-order valence-corrected chi connectivity index (χ3v) is 3.04. The molecule has 0 aliphatic rings. The van der Waals surface area contributed by atoms with Crippen molar-refractivity contribution in [2.75, 3.05) is 13.7 Å². The maximum atomic E-state index is 12.8. The van der Waals surface area contributed by atoms with Crippen LogP contribution in [0.25, 0.3) is 6.08 Å². The molecule has 0 aliphatic heterocycles. The van der Waals surface area contributed by atoms with Crippen LogP contribution in [0.2, 0.25) is 0 Å². The molecule has 0 atom stereocenters. The van der Waals surface area contributed by atoms with E-state index >= 15 is 0 Å². The van der Waals surface area contributed by atoms with Crippen LogP contribution in [0.4, 0.5) is 4.39 Å². The molecule has 0 aliphatic carbocycles. The molecule has 2 aromatic rings. The zero-order valence-electron chi connectivity index (χ0n) is 12.5. The number of hydrogen-bond acceptors (Lipinski definition) is 4. The van der Waals surface area contributed by atoms with Crippen molar-refractivity contribution < 1.29 is 18.7 Å². The number of benzene rings is 2. The number of methoxy groups -OCH3 is 1. The van der Waals surface area contributed by atoms with Crippen molar-refractivity contribution in [1.82, 2.24) is 0 Å². The summed E-state index contributed by atoms with van der Waals surface area (Å²) in [6, 6.07) is 12.3. The first kappa shape index (κ1) is 16.2. The summed E-state index contributed by atoms with van der Waals surface area (Å²) in [6.07, 6.45) is 3.03. The highest BCUT2D eigenvalue weighted by Gasteiger charge is 2.05. The molecule has 0 radical (unpaired) electrons. The Hall–Kier alpha value is -3.13. The number of halogens is 1. The second kappa shape index (κ2) is 7.76. The molecule has 23 heavy (non-hydrogen) atoms. The van der Waals surface area contributed by atoms with E-state index in [2.05, 4.69) is 0 Å². The van der Waals surface area contributed by atoms with Gasteiger partial charge in [-0.1, -0.05) is 12.1 Å². The van der Waals surface area contributed by atoms with Crippen molar-refractivity contribution in [2.24, 2.45) is 0 Å². The van der Waals surface area contributed by atoms with E-state index in [4.69, 9.17) is 14.7 Å². The fourth-order valence-corrected chi connectivity index (χ4v) is 1.90. The Morgan fingerprint density at radius 2 is 1.96 bits per heavy atom. The molecule has 0 heterocycles. The van der Waals surface area contributed by atoms with Crippen molar-refractivity contribution in [3.8, 4) is 17.6 Å². The summed E-state index contributed by atoms with van der Waals surface area (Å²) in [6.45, 7) is -0.0748. The van der Waals surface area contributed by atoms with Gasteiger partial charge in [0, 0.05) is 5.56 Å². The van der Waals surface area contributed by atoms with Crippen molar-refractivity contribution >= 4 is 11.9 Å². The topological polar surface area (TPSA) is 59.3 Å². The molecule has 2 rings (SSSR count). The smallest absolute Gasteiger partial charge is 0.185 e. The van der Waals surface area contributed by atoms with Crippen LogP contribution in [0.5, 0.6) is 11.5 Å². The first-order chi connectivity index (χ1) is 11.1. The molecule has 5 heteroatoms. The first-order valence-electron chi connectivity index (χ1n) is 6.80. The minimum absolute atomic E-state index is 0.0748. The standard InChI is InChI=1S/C18H14FNO3/c1-22-18-12-13(3-9-17(18)23-11-10-20)2-8-16(21)14-4-6-15(19)7-5-14/h2-9,12H,11H2,1H3. The van der Waals surface area contributed by atoms with Gasteiger partial charge in [0.05, 0.1) is 7.11 Å². The van der Waals surface area contributed by atoms with Gasteiger partial charge in [-0.3, -0.25) is 4.79 Å². The van der Waals surface area contributed by atoms with E-state index in [1.54, 1.807) is 24.3 Å². The van der Waals surface area contributed by atoms with Crippen LogP contribution in [-0.2, 0) is 0 Å². The van der Waals surface area contributed by atoms with E-state index in [-0.39, 0.29) is 18.2 Å². The van der Waals surface area contributed by atoms with Crippen LogP contribution in [0.3, 0.4) is 0 Å². The van der Waals surface area contributed by atoms with Crippen LogP contribution < -0.4 is 9.47 Å². The Kier molecular flexibility index (Phi) is 5.48. The van der Waals surface area contributed by atoms with E-state index < -0.39 is 0 Å². The lowest BCUT2D eigenvalue weighted by Crippen LogP contribution is -1.97. The van der Waals surface area contributed by atoms with E-state index in [1.165, 1.54) is 37.5 Å². The van der Waals surface area contributed by atoms with Gasteiger partial charge in [0.25, 0.3) is 0 Å². The molecule has 0 unspecified atom stereocenters. The molecule has 0 saturated carbocycles. The Morgan fingerprint density at radius 1 is 1.22 bits per heavy atom. The Balaban J connectivity index is 2.14. The van der Waals surface area contributed by atoms with Gasteiger partial charge in [0.15, 0.2) is 23.9 Å². The van der Waals surface area contributed by atoms with Gasteiger partial charge in [-0.2, -0.15) is 5.26 Å².